The van der Waals surface area contributed by atoms with Crippen LogP contribution in [-0.4, -0.2) is 20.3 Å². The van der Waals surface area contributed by atoms with Gasteiger partial charge in [-0.15, -0.1) is 11.3 Å². The van der Waals surface area contributed by atoms with Gasteiger partial charge in [0.1, 0.15) is 5.82 Å². The average molecular weight is 295 g/mol. The molecule has 1 aromatic carbocycles. The number of hydrogen-bond donors (Lipinski definition) is 1. The Hall–Kier alpha value is -0.970. The van der Waals surface area contributed by atoms with Gasteiger partial charge in [-0.25, -0.2) is 4.39 Å². The van der Waals surface area contributed by atoms with Crippen LogP contribution in [0.25, 0.3) is 10.1 Å². The summed E-state index contributed by atoms with van der Waals surface area (Å²) >= 11 is 1.75. The minimum Gasteiger partial charge on any atom is -0.385 e. The Morgan fingerprint density at radius 3 is 2.95 bits per heavy atom. The summed E-state index contributed by atoms with van der Waals surface area (Å²) in [6.45, 7) is 3.95. The van der Waals surface area contributed by atoms with E-state index in [-0.39, 0.29) is 5.82 Å². The predicted octanol–water partition coefficient (Wildman–Crippen LogP) is 4.51. The lowest BCUT2D eigenvalue weighted by Crippen LogP contribution is -2.21. The summed E-state index contributed by atoms with van der Waals surface area (Å²) in [5.41, 5.74) is 0. The Labute approximate surface area is 124 Å². The normalized spacial score (nSPS) is 12.9. The number of halogens is 1. The van der Waals surface area contributed by atoms with E-state index < -0.39 is 0 Å². The predicted molar refractivity (Wildman–Crippen MR) is 83.9 cm³/mol. The van der Waals surface area contributed by atoms with Crippen LogP contribution in [-0.2, 0) is 4.74 Å². The first-order valence-electron chi connectivity index (χ1n) is 7.16. The number of ether oxygens (including phenoxy) is 1. The van der Waals surface area contributed by atoms with Gasteiger partial charge >= 0.3 is 0 Å². The van der Waals surface area contributed by atoms with Crippen molar-refractivity contribution in [2.24, 2.45) is 0 Å². The lowest BCUT2D eigenvalue weighted by atomic mass is 10.1. The molecule has 1 unspecified atom stereocenters. The Bertz CT molecular complexity index is 540. The van der Waals surface area contributed by atoms with E-state index in [0.29, 0.717) is 6.04 Å². The number of benzene rings is 1. The zero-order valence-electron chi connectivity index (χ0n) is 12.1. The van der Waals surface area contributed by atoms with E-state index in [2.05, 4.69) is 18.3 Å². The summed E-state index contributed by atoms with van der Waals surface area (Å²) in [5.74, 6) is -0.167. The summed E-state index contributed by atoms with van der Waals surface area (Å²) in [5, 5.41) is 4.58. The largest absolute Gasteiger partial charge is 0.385 e. The molecule has 1 N–H and O–H groups in total. The molecule has 0 amide bonds. The monoisotopic (exact) mass is 295 g/mol. The molecular weight excluding hydrogens is 273 g/mol. The SMILES string of the molecule is CCCNC(CCCOC)c1cc2cc(F)ccc2s1. The van der Waals surface area contributed by atoms with Crippen LogP contribution >= 0.6 is 11.3 Å². The third kappa shape index (κ3) is 4.01. The molecule has 1 aromatic heterocycles. The second-order valence-corrected chi connectivity index (χ2v) is 6.09. The summed E-state index contributed by atoms with van der Waals surface area (Å²) in [4.78, 5) is 1.29. The minimum atomic E-state index is -0.167. The number of hydrogen-bond acceptors (Lipinski definition) is 3. The number of fused-ring (bicyclic) bond motifs is 1. The average Bonchev–Trinajstić information content (AvgIpc) is 2.85. The van der Waals surface area contributed by atoms with Crippen molar-refractivity contribution in [2.45, 2.75) is 32.2 Å². The lowest BCUT2D eigenvalue weighted by Gasteiger charge is -2.16. The molecule has 0 bridgehead atoms. The van der Waals surface area contributed by atoms with Crippen molar-refractivity contribution >= 4 is 21.4 Å². The second kappa shape index (κ2) is 7.72. The highest BCUT2D eigenvalue weighted by molar-refractivity contribution is 7.19. The van der Waals surface area contributed by atoms with Gasteiger partial charge in [0.2, 0.25) is 0 Å². The molecule has 0 aliphatic rings. The number of nitrogens with one attached hydrogen (secondary N) is 1. The van der Waals surface area contributed by atoms with Gasteiger partial charge < -0.3 is 10.1 Å². The first kappa shape index (κ1) is 15.4. The van der Waals surface area contributed by atoms with Crippen molar-refractivity contribution in [3.63, 3.8) is 0 Å². The molecule has 0 fully saturated rings. The third-order valence-corrected chi connectivity index (χ3v) is 4.55. The molecule has 0 saturated heterocycles. The first-order valence-corrected chi connectivity index (χ1v) is 7.97. The second-order valence-electron chi connectivity index (χ2n) is 4.97. The number of methoxy groups -OCH3 is 1. The van der Waals surface area contributed by atoms with Crippen LogP contribution in [0.15, 0.2) is 24.3 Å². The molecule has 0 saturated carbocycles. The topological polar surface area (TPSA) is 21.3 Å². The Balaban J connectivity index is 2.15. The van der Waals surface area contributed by atoms with Crippen LogP contribution in [0, 0.1) is 5.82 Å². The maximum atomic E-state index is 13.3. The molecule has 0 spiro atoms. The molecule has 0 aliphatic carbocycles. The van der Waals surface area contributed by atoms with Crippen LogP contribution in [0.4, 0.5) is 4.39 Å². The van der Waals surface area contributed by atoms with E-state index in [1.165, 1.54) is 10.9 Å². The lowest BCUT2D eigenvalue weighted by molar-refractivity contribution is 0.189. The summed E-state index contributed by atoms with van der Waals surface area (Å²) in [6.07, 6.45) is 3.18. The van der Waals surface area contributed by atoms with E-state index in [1.807, 2.05) is 6.07 Å². The van der Waals surface area contributed by atoms with Crippen LogP contribution in [0.3, 0.4) is 0 Å². The van der Waals surface area contributed by atoms with Gasteiger partial charge in [0.15, 0.2) is 0 Å². The number of rotatable bonds is 8. The zero-order chi connectivity index (χ0) is 14.4. The molecule has 110 valence electrons. The van der Waals surface area contributed by atoms with Crippen LogP contribution in [0.2, 0.25) is 0 Å². The molecule has 2 aromatic rings. The fraction of sp³-hybridized carbons (Fsp3) is 0.500. The van der Waals surface area contributed by atoms with E-state index >= 15 is 0 Å². The third-order valence-electron chi connectivity index (χ3n) is 3.32. The summed E-state index contributed by atoms with van der Waals surface area (Å²) < 4.78 is 19.6. The summed E-state index contributed by atoms with van der Waals surface area (Å²) in [6, 6.07) is 7.46. The summed E-state index contributed by atoms with van der Waals surface area (Å²) in [7, 11) is 1.73. The van der Waals surface area contributed by atoms with E-state index in [1.54, 1.807) is 24.5 Å². The van der Waals surface area contributed by atoms with Gasteiger partial charge in [-0.3, -0.25) is 0 Å². The van der Waals surface area contributed by atoms with Crippen molar-refractivity contribution in [1.29, 1.82) is 0 Å². The number of thiophene rings is 1. The molecule has 2 rings (SSSR count). The Kier molecular flexibility index (Phi) is 5.95. The van der Waals surface area contributed by atoms with Gasteiger partial charge in [0.05, 0.1) is 0 Å². The molecule has 0 aliphatic heterocycles. The van der Waals surface area contributed by atoms with Crippen molar-refractivity contribution in [1.82, 2.24) is 5.32 Å². The molecule has 2 nitrogen and oxygen atoms in total. The van der Waals surface area contributed by atoms with E-state index in [0.717, 1.165) is 42.5 Å². The van der Waals surface area contributed by atoms with Gasteiger partial charge in [-0.2, -0.15) is 0 Å². The van der Waals surface area contributed by atoms with Crippen LogP contribution < -0.4 is 5.32 Å². The first-order chi connectivity index (χ1) is 9.74. The van der Waals surface area contributed by atoms with Crippen molar-refractivity contribution in [3.05, 3.63) is 35.0 Å². The van der Waals surface area contributed by atoms with Gasteiger partial charge in [-0.1, -0.05) is 6.92 Å². The maximum absolute atomic E-state index is 13.3. The molecule has 20 heavy (non-hydrogen) atoms. The molecule has 1 heterocycles. The Morgan fingerprint density at radius 2 is 2.20 bits per heavy atom. The standard InChI is InChI=1S/C16H22FNOS/c1-3-8-18-14(5-4-9-19-2)16-11-12-10-13(17)6-7-15(12)20-16/h6-7,10-11,14,18H,3-5,8-9H2,1-2H3. The van der Waals surface area contributed by atoms with E-state index in [9.17, 15) is 4.39 Å². The molecular formula is C16H22FNOS. The highest BCUT2D eigenvalue weighted by atomic mass is 32.1. The molecule has 4 heteroatoms. The zero-order valence-corrected chi connectivity index (χ0v) is 12.9. The van der Waals surface area contributed by atoms with Crippen molar-refractivity contribution in [3.8, 4) is 0 Å². The highest BCUT2D eigenvalue weighted by Gasteiger charge is 2.14. The molecule has 1 atom stereocenters. The van der Waals surface area contributed by atoms with Crippen molar-refractivity contribution < 1.29 is 9.13 Å². The highest BCUT2D eigenvalue weighted by Crippen LogP contribution is 2.32. The fourth-order valence-corrected chi connectivity index (χ4v) is 3.46. The van der Waals surface area contributed by atoms with Crippen molar-refractivity contribution in [2.75, 3.05) is 20.3 Å². The minimum absolute atomic E-state index is 0.167. The maximum Gasteiger partial charge on any atom is 0.123 e. The van der Waals surface area contributed by atoms with Gasteiger partial charge in [0, 0.05) is 29.3 Å². The van der Waals surface area contributed by atoms with Gasteiger partial charge in [-0.05, 0) is 55.5 Å². The van der Waals surface area contributed by atoms with E-state index in [4.69, 9.17) is 4.74 Å². The van der Waals surface area contributed by atoms with Crippen LogP contribution in [0.1, 0.15) is 37.1 Å². The molecule has 0 radical (unpaired) electrons. The van der Waals surface area contributed by atoms with Crippen LogP contribution in [0.5, 0.6) is 0 Å². The Morgan fingerprint density at radius 1 is 1.35 bits per heavy atom. The fourth-order valence-electron chi connectivity index (χ4n) is 2.30. The quantitative estimate of drug-likeness (QED) is 0.724. The smallest absolute Gasteiger partial charge is 0.123 e. The van der Waals surface area contributed by atoms with Gasteiger partial charge in [0.25, 0.3) is 0 Å².